The molecule has 31 heavy (non-hydrogen) atoms. The highest BCUT2D eigenvalue weighted by atomic mass is 16.2. The Morgan fingerprint density at radius 3 is 2.48 bits per heavy atom. The molecule has 1 aromatic carbocycles. The molecule has 0 bridgehead atoms. The van der Waals surface area contributed by atoms with Crippen LogP contribution in [0.4, 0.5) is 5.69 Å². The van der Waals surface area contributed by atoms with Gasteiger partial charge in [-0.3, -0.25) is 24.5 Å². The summed E-state index contributed by atoms with van der Waals surface area (Å²) in [5.41, 5.74) is 1.88. The number of carbonyl (C=O) groups excluding carboxylic acids is 4. The van der Waals surface area contributed by atoms with Crippen molar-refractivity contribution in [3.8, 4) is 0 Å². The van der Waals surface area contributed by atoms with Crippen LogP contribution < -0.4 is 10.6 Å². The summed E-state index contributed by atoms with van der Waals surface area (Å²) in [4.78, 5) is 50.4. The van der Waals surface area contributed by atoms with Gasteiger partial charge in [0.25, 0.3) is 5.91 Å². The second kappa shape index (κ2) is 11.1. The lowest BCUT2D eigenvalue weighted by Crippen LogP contribution is -2.52. The van der Waals surface area contributed by atoms with Gasteiger partial charge < -0.3 is 10.2 Å². The van der Waals surface area contributed by atoms with Crippen LogP contribution in [0.15, 0.2) is 18.2 Å². The van der Waals surface area contributed by atoms with Crippen molar-refractivity contribution >= 4 is 29.3 Å². The summed E-state index contributed by atoms with van der Waals surface area (Å²) >= 11 is 0. The zero-order valence-corrected chi connectivity index (χ0v) is 18.4. The van der Waals surface area contributed by atoms with Crippen molar-refractivity contribution in [1.82, 2.24) is 10.2 Å². The summed E-state index contributed by atoms with van der Waals surface area (Å²) in [5.74, 6) is -1.02. The van der Waals surface area contributed by atoms with Gasteiger partial charge in [-0.15, -0.1) is 0 Å². The van der Waals surface area contributed by atoms with Gasteiger partial charge in [-0.25, -0.2) is 0 Å². The predicted octanol–water partition coefficient (Wildman–Crippen LogP) is 3.92. The van der Waals surface area contributed by atoms with Gasteiger partial charge in [-0.05, 0) is 25.0 Å². The first-order valence-corrected chi connectivity index (χ1v) is 11.6. The highest BCUT2D eigenvalue weighted by molar-refractivity contribution is 6.06. The number of unbranched alkanes of at least 4 members (excludes halogenated alkanes) is 7. The minimum atomic E-state index is -0.654. The SMILES string of the molecule is CCCCCCCCCCC(=O)Nc1cccc2c1CN(C1CCC(=O)NC1=O)C2=O. The summed E-state index contributed by atoms with van der Waals surface area (Å²) in [6.45, 7) is 2.47. The van der Waals surface area contributed by atoms with E-state index in [1.165, 1.54) is 37.0 Å². The van der Waals surface area contributed by atoms with Crippen LogP contribution in [0.25, 0.3) is 0 Å². The van der Waals surface area contributed by atoms with Crippen molar-refractivity contribution in [3.05, 3.63) is 29.3 Å². The Balaban J connectivity index is 1.50. The lowest BCUT2D eigenvalue weighted by Gasteiger charge is -2.29. The number of benzene rings is 1. The van der Waals surface area contributed by atoms with Crippen LogP contribution in [0, 0.1) is 0 Å². The predicted molar refractivity (Wildman–Crippen MR) is 118 cm³/mol. The van der Waals surface area contributed by atoms with Gasteiger partial charge in [0, 0.05) is 36.2 Å². The monoisotopic (exact) mass is 427 g/mol. The maximum absolute atomic E-state index is 12.8. The molecule has 2 N–H and O–H groups in total. The van der Waals surface area contributed by atoms with Crippen molar-refractivity contribution in [1.29, 1.82) is 0 Å². The smallest absolute Gasteiger partial charge is 0.255 e. The van der Waals surface area contributed by atoms with E-state index in [4.69, 9.17) is 0 Å². The maximum atomic E-state index is 12.8. The van der Waals surface area contributed by atoms with Gasteiger partial charge in [0.15, 0.2) is 0 Å². The second-order valence-electron chi connectivity index (χ2n) is 8.50. The van der Waals surface area contributed by atoms with E-state index in [-0.39, 0.29) is 30.7 Å². The quantitative estimate of drug-likeness (QED) is 0.413. The number of amides is 4. The summed E-state index contributed by atoms with van der Waals surface area (Å²) < 4.78 is 0. The van der Waals surface area contributed by atoms with Crippen molar-refractivity contribution in [2.45, 2.75) is 90.1 Å². The minimum Gasteiger partial charge on any atom is -0.326 e. The number of hydrogen-bond acceptors (Lipinski definition) is 4. The van der Waals surface area contributed by atoms with E-state index in [0.29, 0.717) is 24.1 Å². The number of nitrogens with zero attached hydrogens (tertiary/aromatic N) is 1. The molecule has 1 saturated heterocycles. The zero-order chi connectivity index (χ0) is 22.2. The lowest BCUT2D eigenvalue weighted by molar-refractivity contribution is -0.137. The maximum Gasteiger partial charge on any atom is 0.255 e. The lowest BCUT2D eigenvalue weighted by atomic mass is 10.0. The Morgan fingerprint density at radius 2 is 1.77 bits per heavy atom. The molecule has 1 atom stereocenters. The fourth-order valence-electron chi connectivity index (χ4n) is 4.33. The number of nitrogens with one attached hydrogen (secondary N) is 2. The standard InChI is InChI=1S/C24H33N3O4/c1-2-3-4-5-6-7-8-9-13-21(28)25-19-12-10-11-17-18(19)16-27(24(17)31)20-14-15-22(29)26-23(20)30/h10-12,20H,2-9,13-16H2,1H3,(H,25,28)(H,26,29,30). The van der Waals surface area contributed by atoms with E-state index in [0.717, 1.165) is 24.8 Å². The van der Waals surface area contributed by atoms with Crippen LogP contribution >= 0.6 is 0 Å². The number of piperidine rings is 1. The normalized spacial score (nSPS) is 18.2. The van der Waals surface area contributed by atoms with Crippen LogP contribution in [0.3, 0.4) is 0 Å². The van der Waals surface area contributed by atoms with Gasteiger partial charge in [0.2, 0.25) is 17.7 Å². The van der Waals surface area contributed by atoms with Crippen LogP contribution in [-0.2, 0) is 20.9 Å². The number of rotatable bonds is 11. The number of carbonyl (C=O) groups is 4. The van der Waals surface area contributed by atoms with Crippen LogP contribution in [0.5, 0.6) is 0 Å². The number of hydrogen-bond donors (Lipinski definition) is 2. The van der Waals surface area contributed by atoms with Gasteiger partial charge in [0.05, 0.1) is 0 Å². The van der Waals surface area contributed by atoms with E-state index in [1.54, 1.807) is 18.2 Å². The Kier molecular flexibility index (Phi) is 8.20. The second-order valence-corrected chi connectivity index (χ2v) is 8.50. The molecule has 7 heteroatoms. The van der Waals surface area contributed by atoms with Crippen molar-refractivity contribution in [3.63, 3.8) is 0 Å². The Labute approximate surface area is 183 Å². The molecule has 2 heterocycles. The molecule has 168 valence electrons. The highest BCUT2D eigenvalue weighted by Gasteiger charge is 2.39. The van der Waals surface area contributed by atoms with Gasteiger partial charge in [0.1, 0.15) is 6.04 Å². The molecule has 1 unspecified atom stereocenters. The molecular formula is C24H33N3O4. The largest absolute Gasteiger partial charge is 0.326 e. The molecule has 0 aliphatic carbocycles. The van der Waals surface area contributed by atoms with Gasteiger partial charge >= 0.3 is 0 Å². The molecule has 1 aromatic rings. The summed E-state index contributed by atoms with van der Waals surface area (Å²) in [6, 6.07) is 4.61. The molecule has 0 saturated carbocycles. The van der Waals surface area contributed by atoms with Gasteiger partial charge in [-0.2, -0.15) is 0 Å². The Morgan fingerprint density at radius 1 is 1.06 bits per heavy atom. The summed E-state index contributed by atoms with van der Waals surface area (Å²) in [6.07, 6.45) is 10.4. The zero-order valence-electron chi connectivity index (χ0n) is 18.4. The van der Waals surface area contributed by atoms with Crippen molar-refractivity contribution in [2.75, 3.05) is 5.32 Å². The first-order valence-electron chi connectivity index (χ1n) is 11.6. The van der Waals surface area contributed by atoms with Crippen molar-refractivity contribution in [2.24, 2.45) is 0 Å². The molecule has 4 amide bonds. The fourth-order valence-corrected chi connectivity index (χ4v) is 4.33. The van der Waals surface area contributed by atoms with E-state index < -0.39 is 11.9 Å². The molecule has 2 aliphatic rings. The first kappa shape index (κ1) is 23.0. The molecule has 1 fully saturated rings. The number of imide groups is 1. The molecule has 7 nitrogen and oxygen atoms in total. The minimum absolute atomic E-state index is 0.0497. The van der Waals surface area contributed by atoms with E-state index in [9.17, 15) is 19.2 Å². The third-order valence-corrected chi connectivity index (χ3v) is 6.11. The van der Waals surface area contributed by atoms with Crippen molar-refractivity contribution < 1.29 is 19.2 Å². The number of fused-ring (bicyclic) bond motifs is 1. The molecule has 0 aromatic heterocycles. The van der Waals surface area contributed by atoms with Crippen LogP contribution in [0.2, 0.25) is 0 Å². The topological polar surface area (TPSA) is 95.6 Å². The Hall–Kier alpha value is -2.70. The molecule has 0 radical (unpaired) electrons. The third-order valence-electron chi connectivity index (χ3n) is 6.11. The number of anilines is 1. The fraction of sp³-hybridized carbons (Fsp3) is 0.583. The van der Waals surface area contributed by atoms with E-state index >= 15 is 0 Å². The molecular weight excluding hydrogens is 394 g/mol. The first-order chi connectivity index (χ1) is 15.0. The average Bonchev–Trinajstić information content (AvgIpc) is 3.07. The summed E-state index contributed by atoms with van der Waals surface area (Å²) in [5, 5.41) is 5.26. The van der Waals surface area contributed by atoms with Crippen LogP contribution in [0.1, 0.15) is 93.5 Å². The average molecular weight is 428 g/mol. The Bertz CT molecular complexity index is 836. The molecule has 2 aliphatic heterocycles. The van der Waals surface area contributed by atoms with Crippen LogP contribution in [-0.4, -0.2) is 34.6 Å². The summed E-state index contributed by atoms with van der Waals surface area (Å²) in [7, 11) is 0. The third kappa shape index (κ3) is 5.93. The highest BCUT2D eigenvalue weighted by Crippen LogP contribution is 2.32. The van der Waals surface area contributed by atoms with Gasteiger partial charge in [-0.1, -0.05) is 57.9 Å². The molecule has 3 rings (SSSR count). The van der Waals surface area contributed by atoms with E-state index in [2.05, 4.69) is 17.6 Å². The molecule has 0 spiro atoms. The van der Waals surface area contributed by atoms with E-state index in [1.807, 2.05) is 0 Å².